The summed E-state index contributed by atoms with van der Waals surface area (Å²) in [4.78, 5) is 12.9. The molecule has 1 saturated carbocycles. The van der Waals surface area contributed by atoms with Gasteiger partial charge in [-0.1, -0.05) is 39.3 Å². The number of aliphatic hydroxyl groups excluding tert-OH is 1. The average Bonchev–Trinajstić information content (AvgIpc) is 2.55. The Hall–Kier alpha value is -1.59. The minimum absolute atomic E-state index is 0.0725. The molecule has 1 aliphatic rings. The van der Waals surface area contributed by atoms with E-state index in [1.165, 1.54) is 0 Å². The number of aromatic hydroxyl groups is 1. The van der Waals surface area contributed by atoms with Crippen molar-refractivity contribution in [2.24, 2.45) is 17.8 Å². The van der Waals surface area contributed by atoms with Crippen molar-refractivity contribution < 1.29 is 20.1 Å². The van der Waals surface area contributed by atoms with Crippen molar-refractivity contribution in [2.45, 2.75) is 58.1 Å². The van der Waals surface area contributed by atoms with Gasteiger partial charge in [0.1, 0.15) is 11.4 Å². The van der Waals surface area contributed by atoms with Crippen molar-refractivity contribution in [1.82, 2.24) is 5.32 Å². The highest BCUT2D eigenvalue weighted by atomic mass is 16.3. The Labute approximate surface area is 150 Å². The van der Waals surface area contributed by atoms with E-state index in [0.29, 0.717) is 18.8 Å². The number of amides is 1. The predicted octanol–water partition coefficient (Wildman–Crippen LogP) is 2.24. The van der Waals surface area contributed by atoms with Crippen LogP contribution in [0.25, 0.3) is 0 Å². The lowest BCUT2D eigenvalue weighted by molar-refractivity contribution is -0.156. The zero-order chi connectivity index (χ0) is 18.6. The third-order valence-corrected chi connectivity index (χ3v) is 5.42. The van der Waals surface area contributed by atoms with Gasteiger partial charge >= 0.3 is 0 Å². The van der Waals surface area contributed by atoms with Crippen LogP contribution in [0.3, 0.4) is 0 Å². The quantitative estimate of drug-likeness (QED) is 0.634. The number of nitrogens with one attached hydrogen (secondary N) is 1. The zero-order valence-electron chi connectivity index (χ0n) is 15.4. The van der Waals surface area contributed by atoms with E-state index in [0.717, 1.165) is 18.4 Å². The van der Waals surface area contributed by atoms with Crippen LogP contribution in [0.2, 0.25) is 0 Å². The smallest absolute Gasteiger partial charge is 0.252 e. The topological polar surface area (TPSA) is 89.8 Å². The molecule has 0 saturated heterocycles. The number of aliphatic hydroxyl groups is 2. The molecule has 1 aliphatic carbocycles. The van der Waals surface area contributed by atoms with Crippen LogP contribution in [-0.4, -0.2) is 39.5 Å². The first-order chi connectivity index (χ1) is 11.8. The summed E-state index contributed by atoms with van der Waals surface area (Å²) in [7, 11) is 0. The Morgan fingerprint density at radius 3 is 2.48 bits per heavy atom. The molecule has 0 radical (unpaired) electrons. The summed E-state index contributed by atoms with van der Waals surface area (Å²) in [6, 6.07) is 6.22. The summed E-state index contributed by atoms with van der Waals surface area (Å²) in [6.07, 6.45) is 2.76. The van der Waals surface area contributed by atoms with Crippen LogP contribution in [0.4, 0.5) is 0 Å². The molecule has 1 amide bonds. The molecule has 5 nitrogen and oxygen atoms in total. The third-order valence-electron chi connectivity index (χ3n) is 5.42. The van der Waals surface area contributed by atoms with Crippen LogP contribution in [-0.2, 0) is 11.2 Å². The lowest BCUT2D eigenvalue weighted by Gasteiger charge is -2.43. The summed E-state index contributed by atoms with van der Waals surface area (Å²) in [5.74, 6) is 0.245. The van der Waals surface area contributed by atoms with Gasteiger partial charge < -0.3 is 20.6 Å². The molecule has 5 heteroatoms. The van der Waals surface area contributed by atoms with E-state index in [1.807, 2.05) is 13.8 Å². The number of phenols is 1. The highest BCUT2D eigenvalue weighted by molar-refractivity contribution is 5.85. The maximum Gasteiger partial charge on any atom is 0.252 e. The molecular formula is C20H31NO4. The molecule has 0 bridgehead atoms. The maximum absolute atomic E-state index is 12.9. The first-order valence-corrected chi connectivity index (χ1v) is 9.18. The van der Waals surface area contributed by atoms with E-state index in [2.05, 4.69) is 12.2 Å². The van der Waals surface area contributed by atoms with Crippen molar-refractivity contribution in [2.75, 3.05) is 6.61 Å². The van der Waals surface area contributed by atoms with E-state index in [4.69, 9.17) is 0 Å². The summed E-state index contributed by atoms with van der Waals surface area (Å²) >= 11 is 0. The minimum atomic E-state index is -1.38. The third kappa shape index (κ3) is 4.73. The van der Waals surface area contributed by atoms with Crippen LogP contribution < -0.4 is 5.32 Å². The van der Waals surface area contributed by atoms with Crippen LogP contribution in [0.15, 0.2) is 24.3 Å². The Morgan fingerprint density at radius 1 is 1.28 bits per heavy atom. The Balaban J connectivity index is 2.09. The first-order valence-electron chi connectivity index (χ1n) is 9.18. The molecule has 0 heterocycles. The van der Waals surface area contributed by atoms with Crippen molar-refractivity contribution in [3.05, 3.63) is 29.8 Å². The van der Waals surface area contributed by atoms with Crippen LogP contribution in [0.5, 0.6) is 5.75 Å². The molecule has 0 aromatic heterocycles. The van der Waals surface area contributed by atoms with Gasteiger partial charge in [-0.2, -0.15) is 0 Å². The van der Waals surface area contributed by atoms with E-state index in [9.17, 15) is 20.1 Å². The number of rotatable bonds is 6. The second-order valence-electron chi connectivity index (χ2n) is 7.88. The second-order valence-corrected chi connectivity index (χ2v) is 7.88. The number of carbonyl (C=O) groups is 1. The van der Waals surface area contributed by atoms with Gasteiger partial charge in [0.25, 0.3) is 5.91 Å². The number of carbonyl (C=O) groups excluding carboxylic acids is 1. The van der Waals surface area contributed by atoms with Gasteiger partial charge in [0.05, 0.1) is 12.6 Å². The molecule has 1 aromatic carbocycles. The summed E-state index contributed by atoms with van der Waals surface area (Å²) in [6.45, 7) is 5.94. The van der Waals surface area contributed by atoms with Gasteiger partial charge in [-0.15, -0.1) is 0 Å². The van der Waals surface area contributed by atoms with Crippen LogP contribution >= 0.6 is 0 Å². The SMILES string of the molecule is CC(C)[C@@H]1CC[C@@H](C)C[C@@]1(O)C(=O)N[C@@H](CO)Cc1ccc(O)cc1. The zero-order valence-corrected chi connectivity index (χ0v) is 15.4. The summed E-state index contributed by atoms with van der Waals surface area (Å²) < 4.78 is 0. The molecule has 140 valence electrons. The Kier molecular flexibility index (Phi) is 6.47. The van der Waals surface area contributed by atoms with Crippen molar-refractivity contribution in [3.8, 4) is 5.75 Å². The molecule has 0 spiro atoms. The molecule has 0 unspecified atom stereocenters. The van der Waals surface area contributed by atoms with E-state index >= 15 is 0 Å². The monoisotopic (exact) mass is 349 g/mol. The van der Waals surface area contributed by atoms with Gasteiger partial charge in [0.15, 0.2) is 0 Å². The van der Waals surface area contributed by atoms with Gasteiger partial charge in [-0.25, -0.2) is 0 Å². The highest BCUT2D eigenvalue weighted by Crippen LogP contribution is 2.41. The highest BCUT2D eigenvalue weighted by Gasteiger charge is 2.48. The molecule has 4 atom stereocenters. The molecule has 2 rings (SSSR count). The van der Waals surface area contributed by atoms with Crippen molar-refractivity contribution in [1.29, 1.82) is 0 Å². The standard InChI is InChI=1S/C20H31NO4/c1-13(2)18-9-4-14(3)11-20(18,25)19(24)21-16(12-22)10-15-5-7-17(23)8-6-15/h5-8,13-14,16,18,22-23,25H,4,9-12H2,1-3H3,(H,21,24)/t14-,16-,18+,20+/m1/s1. The average molecular weight is 349 g/mol. The lowest BCUT2D eigenvalue weighted by atomic mass is 9.66. The summed E-state index contributed by atoms with van der Waals surface area (Å²) in [5, 5.41) is 33.0. The Morgan fingerprint density at radius 2 is 1.92 bits per heavy atom. The predicted molar refractivity (Wildman–Crippen MR) is 97.1 cm³/mol. The second kappa shape index (κ2) is 8.19. The van der Waals surface area contributed by atoms with Gasteiger partial charge in [-0.05, 0) is 54.7 Å². The van der Waals surface area contributed by atoms with E-state index < -0.39 is 11.6 Å². The maximum atomic E-state index is 12.9. The molecule has 4 N–H and O–H groups in total. The fourth-order valence-electron chi connectivity index (χ4n) is 4.02. The van der Waals surface area contributed by atoms with Crippen LogP contribution in [0.1, 0.15) is 45.6 Å². The van der Waals surface area contributed by atoms with E-state index in [1.54, 1.807) is 24.3 Å². The van der Waals surface area contributed by atoms with Crippen LogP contribution in [0, 0.1) is 17.8 Å². The first kappa shape index (κ1) is 19.7. The molecular weight excluding hydrogens is 318 g/mol. The number of hydrogen-bond acceptors (Lipinski definition) is 4. The summed E-state index contributed by atoms with van der Waals surface area (Å²) in [5.41, 5.74) is -0.477. The van der Waals surface area contributed by atoms with Crippen molar-refractivity contribution in [3.63, 3.8) is 0 Å². The lowest BCUT2D eigenvalue weighted by Crippen LogP contribution is -2.58. The van der Waals surface area contributed by atoms with E-state index in [-0.39, 0.29) is 30.1 Å². The molecule has 1 aromatic rings. The number of hydrogen-bond donors (Lipinski definition) is 4. The number of benzene rings is 1. The fourth-order valence-corrected chi connectivity index (χ4v) is 4.02. The molecule has 25 heavy (non-hydrogen) atoms. The van der Waals surface area contributed by atoms with Crippen molar-refractivity contribution >= 4 is 5.91 Å². The molecule has 0 aliphatic heterocycles. The minimum Gasteiger partial charge on any atom is -0.508 e. The molecule has 1 fully saturated rings. The number of phenolic OH excluding ortho intramolecular Hbond substituents is 1. The normalized spacial score (nSPS) is 27.9. The largest absolute Gasteiger partial charge is 0.508 e. The Bertz CT molecular complexity index is 572. The van der Waals surface area contributed by atoms with Gasteiger partial charge in [0, 0.05) is 0 Å². The van der Waals surface area contributed by atoms with Gasteiger partial charge in [-0.3, -0.25) is 4.79 Å². The fraction of sp³-hybridized carbons (Fsp3) is 0.650. The van der Waals surface area contributed by atoms with Gasteiger partial charge in [0.2, 0.25) is 0 Å².